The maximum Gasteiger partial charge on any atom is 0.227 e. The molecule has 1 aromatic carbocycles. The average molecular weight is 325 g/mol. The summed E-state index contributed by atoms with van der Waals surface area (Å²) in [4.78, 5) is 4.55. The first-order valence-electron chi connectivity index (χ1n) is 8.13. The van der Waals surface area contributed by atoms with Gasteiger partial charge in [0.1, 0.15) is 11.5 Å². The minimum absolute atomic E-state index is 0.206. The summed E-state index contributed by atoms with van der Waals surface area (Å²) in [6, 6.07) is 6.02. The number of fused-ring (bicyclic) bond motifs is 1. The number of rotatable bonds is 4. The molecule has 0 fully saturated rings. The van der Waals surface area contributed by atoms with Gasteiger partial charge in [-0.1, -0.05) is 17.2 Å². The van der Waals surface area contributed by atoms with Crippen LogP contribution in [0.3, 0.4) is 0 Å². The maximum atomic E-state index is 5.53. The van der Waals surface area contributed by atoms with Gasteiger partial charge in [-0.25, -0.2) is 0 Å². The third-order valence-corrected chi connectivity index (χ3v) is 4.48. The number of hydrogen-bond donors (Lipinski definition) is 0. The summed E-state index contributed by atoms with van der Waals surface area (Å²) < 4.78 is 16.2. The van der Waals surface area contributed by atoms with Crippen LogP contribution in [-0.4, -0.2) is 21.9 Å². The van der Waals surface area contributed by atoms with Crippen molar-refractivity contribution in [1.82, 2.24) is 15.3 Å². The Balaban J connectivity index is 1.55. The molecule has 0 amide bonds. The fraction of sp³-hybridized carbons (Fsp3) is 0.389. The predicted molar refractivity (Wildman–Crippen MR) is 87.0 cm³/mol. The van der Waals surface area contributed by atoms with Crippen molar-refractivity contribution in [3.8, 4) is 17.1 Å². The van der Waals surface area contributed by atoms with Crippen LogP contribution in [0.5, 0.6) is 5.75 Å². The second-order valence-corrected chi connectivity index (χ2v) is 6.28. The van der Waals surface area contributed by atoms with E-state index in [1.54, 1.807) is 0 Å². The van der Waals surface area contributed by atoms with Gasteiger partial charge < -0.3 is 13.8 Å². The van der Waals surface area contributed by atoms with Gasteiger partial charge in [0.2, 0.25) is 11.7 Å². The molecular formula is C18H19N3O3. The van der Waals surface area contributed by atoms with Gasteiger partial charge in [-0.15, -0.1) is 0 Å². The minimum atomic E-state index is 0.206. The number of ether oxygens (including phenoxy) is 1. The van der Waals surface area contributed by atoms with Gasteiger partial charge >= 0.3 is 0 Å². The van der Waals surface area contributed by atoms with Gasteiger partial charge in [0.05, 0.1) is 12.3 Å². The van der Waals surface area contributed by atoms with Crippen molar-refractivity contribution in [3.63, 3.8) is 0 Å². The Hall–Kier alpha value is -2.63. The third kappa shape index (κ3) is 2.58. The number of aryl methyl sites for hydroxylation is 2. The lowest BCUT2D eigenvalue weighted by molar-refractivity contribution is 0.357. The van der Waals surface area contributed by atoms with Gasteiger partial charge in [-0.3, -0.25) is 0 Å². The summed E-state index contributed by atoms with van der Waals surface area (Å²) in [7, 11) is 0. The lowest BCUT2D eigenvalue weighted by atomic mass is 9.96. The molecule has 0 bridgehead atoms. The predicted octanol–water partition coefficient (Wildman–Crippen LogP) is 3.62. The first-order chi connectivity index (χ1) is 11.6. The van der Waals surface area contributed by atoms with Crippen LogP contribution in [0.15, 0.2) is 27.2 Å². The quantitative estimate of drug-likeness (QED) is 0.729. The summed E-state index contributed by atoms with van der Waals surface area (Å²) in [5, 5.41) is 8.14. The largest absolute Gasteiger partial charge is 0.493 e. The van der Waals surface area contributed by atoms with Crippen molar-refractivity contribution >= 4 is 0 Å². The van der Waals surface area contributed by atoms with Crippen LogP contribution in [0.1, 0.15) is 41.3 Å². The molecule has 6 heteroatoms. The van der Waals surface area contributed by atoms with Gasteiger partial charge in [0, 0.05) is 24.0 Å². The molecule has 0 spiro atoms. The van der Waals surface area contributed by atoms with Crippen molar-refractivity contribution in [2.45, 2.75) is 39.5 Å². The SMILES string of the molecule is Cc1noc(C)c1C(C)Cc1nc(-c2ccc3c(c2)CCO3)no1. The average Bonchev–Trinajstić information content (AvgIpc) is 3.27. The Labute approximate surface area is 139 Å². The standard InChI is InChI=1S/C18H19N3O3/c1-10(17-11(2)20-23-12(17)3)8-16-19-18(21-24-16)14-4-5-15-13(9-14)6-7-22-15/h4-5,9-10H,6-8H2,1-3H3. The summed E-state index contributed by atoms with van der Waals surface area (Å²) in [6.07, 6.45) is 1.58. The van der Waals surface area contributed by atoms with Crippen LogP contribution >= 0.6 is 0 Å². The summed E-state index contributed by atoms with van der Waals surface area (Å²) in [5.74, 6) is 3.24. The van der Waals surface area contributed by atoms with Crippen LogP contribution in [0.4, 0.5) is 0 Å². The van der Waals surface area contributed by atoms with Crippen molar-refractivity contribution in [3.05, 3.63) is 46.7 Å². The van der Waals surface area contributed by atoms with Crippen molar-refractivity contribution in [1.29, 1.82) is 0 Å². The Morgan fingerprint density at radius 2 is 2.04 bits per heavy atom. The molecule has 1 aliphatic heterocycles. The van der Waals surface area contributed by atoms with Gasteiger partial charge in [-0.05, 0) is 43.5 Å². The molecule has 0 saturated carbocycles. The van der Waals surface area contributed by atoms with Crippen LogP contribution in [0.2, 0.25) is 0 Å². The minimum Gasteiger partial charge on any atom is -0.493 e. The van der Waals surface area contributed by atoms with Crippen LogP contribution < -0.4 is 4.74 Å². The first-order valence-corrected chi connectivity index (χ1v) is 8.13. The van der Waals surface area contributed by atoms with Crippen molar-refractivity contribution in [2.75, 3.05) is 6.61 Å². The molecule has 1 unspecified atom stereocenters. The molecule has 0 radical (unpaired) electrons. The number of hydrogen-bond acceptors (Lipinski definition) is 6. The monoisotopic (exact) mass is 325 g/mol. The zero-order chi connectivity index (χ0) is 16.7. The molecule has 3 aromatic rings. The van der Waals surface area contributed by atoms with Crippen LogP contribution in [-0.2, 0) is 12.8 Å². The fourth-order valence-electron chi connectivity index (χ4n) is 3.34. The highest BCUT2D eigenvalue weighted by molar-refractivity contribution is 5.59. The summed E-state index contributed by atoms with van der Waals surface area (Å²) in [6.45, 7) is 6.74. The van der Waals surface area contributed by atoms with Gasteiger partial charge in [0.25, 0.3) is 0 Å². The second kappa shape index (κ2) is 5.78. The van der Waals surface area contributed by atoms with E-state index in [2.05, 4.69) is 28.3 Å². The van der Waals surface area contributed by atoms with Crippen LogP contribution in [0.25, 0.3) is 11.4 Å². The Morgan fingerprint density at radius 1 is 1.17 bits per heavy atom. The van der Waals surface area contributed by atoms with Crippen molar-refractivity contribution in [2.24, 2.45) is 0 Å². The van der Waals surface area contributed by atoms with E-state index >= 15 is 0 Å². The van der Waals surface area contributed by atoms with E-state index in [-0.39, 0.29) is 5.92 Å². The molecular weight excluding hydrogens is 306 g/mol. The molecule has 124 valence electrons. The normalized spacial score (nSPS) is 14.5. The molecule has 2 aromatic heterocycles. The maximum absolute atomic E-state index is 5.53. The van der Waals surface area contributed by atoms with Crippen LogP contribution in [0, 0.1) is 13.8 Å². The number of benzene rings is 1. The molecule has 0 saturated heterocycles. The lowest BCUT2D eigenvalue weighted by Gasteiger charge is -2.07. The molecule has 6 nitrogen and oxygen atoms in total. The zero-order valence-corrected chi connectivity index (χ0v) is 14.0. The first kappa shape index (κ1) is 14.9. The molecule has 1 atom stereocenters. The fourth-order valence-corrected chi connectivity index (χ4v) is 3.34. The van der Waals surface area contributed by atoms with Gasteiger partial charge in [0.15, 0.2) is 0 Å². The van der Waals surface area contributed by atoms with Crippen molar-refractivity contribution < 1.29 is 13.8 Å². The molecule has 0 aliphatic carbocycles. The van der Waals surface area contributed by atoms with E-state index in [0.717, 1.165) is 41.4 Å². The Kier molecular flexibility index (Phi) is 3.59. The van der Waals surface area contributed by atoms with E-state index in [1.165, 1.54) is 5.56 Å². The number of nitrogens with zero attached hydrogens (tertiary/aromatic N) is 3. The summed E-state index contributed by atoms with van der Waals surface area (Å²) in [5.41, 5.74) is 4.19. The topological polar surface area (TPSA) is 74.2 Å². The highest BCUT2D eigenvalue weighted by Crippen LogP contribution is 2.30. The highest BCUT2D eigenvalue weighted by Gasteiger charge is 2.20. The second-order valence-electron chi connectivity index (χ2n) is 6.28. The molecule has 24 heavy (non-hydrogen) atoms. The lowest BCUT2D eigenvalue weighted by Crippen LogP contribution is -2.01. The Bertz CT molecular complexity index is 862. The van der Waals surface area contributed by atoms with Gasteiger partial charge in [-0.2, -0.15) is 4.98 Å². The molecule has 3 heterocycles. The third-order valence-electron chi connectivity index (χ3n) is 4.48. The number of aromatic nitrogens is 3. The summed E-state index contributed by atoms with van der Waals surface area (Å²) >= 11 is 0. The molecule has 1 aliphatic rings. The smallest absolute Gasteiger partial charge is 0.227 e. The Morgan fingerprint density at radius 3 is 2.83 bits per heavy atom. The zero-order valence-electron chi connectivity index (χ0n) is 14.0. The molecule has 0 N–H and O–H groups in total. The molecule has 4 rings (SSSR count). The van der Waals surface area contributed by atoms with E-state index in [9.17, 15) is 0 Å². The van der Waals surface area contributed by atoms with E-state index < -0.39 is 0 Å². The van der Waals surface area contributed by atoms with E-state index in [1.807, 2.05) is 26.0 Å². The van der Waals surface area contributed by atoms with E-state index in [0.29, 0.717) is 18.1 Å². The van der Waals surface area contributed by atoms with E-state index in [4.69, 9.17) is 13.8 Å². The highest BCUT2D eigenvalue weighted by atomic mass is 16.5.